The Hall–Kier alpha value is -4.81. The van der Waals surface area contributed by atoms with Gasteiger partial charge in [0.05, 0.1) is 44.4 Å². The molecule has 22 heteroatoms. The quantitative estimate of drug-likeness (QED) is 0.0604. The van der Waals surface area contributed by atoms with Gasteiger partial charge in [0.25, 0.3) is 11.8 Å². The smallest absolute Gasteiger partial charge is 0.333 e. The van der Waals surface area contributed by atoms with E-state index in [4.69, 9.17) is 18.7 Å². The van der Waals surface area contributed by atoms with E-state index in [1.807, 2.05) is 49.6 Å². The highest BCUT2D eigenvalue weighted by Crippen LogP contribution is 2.51. The van der Waals surface area contributed by atoms with Gasteiger partial charge in [-0.15, -0.1) is 5.06 Å². The molecular weight excluding hydrogens is 923 g/mol. The topological polar surface area (TPSA) is 273 Å². The molecule has 1 saturated heterocycles. The van der Waals surface area contributed by atoms with Crippen LogP contribution in [-0.2, 0) is 69.9 Å². The highest BCUT2D eigenvalue weighted by Gasteiger charge is 2.43. The molecule has 0 spiro atoms. The van der Waals surface area contributed by atoms with E-state index in [2.05, 4.69) is 0 Å². The van der Waals surface area contributed by atoms with Gasteiger partial charge in [0, 0.05) is 79.3 Å². The van der Waals surface area contributed by atoms with Gasteiger partial charge in [0.15, 0.2) is 6.54 Å². The fraction of sp³-hybridized carbons (Fsp3) is 0.500. The molecule has 2 amide bonds. The first-order valence-corrected chi connectivity index (χ1v) is 25.8. The molecule has 4 aliphatic rings. The first kappa shape index (κ1) is 52.2. The summed E-state index contributed by atoms with van der Waals surface area (Å²) in [5.74, 6) is -2.50. The van der Waals surface area contributed by atoms with Gasteiger partial charge in [-0.25, -0.2) is 34.6 Å². The minimum Gasteiger partial charge on any atom is -0.748 e. The number of hydrogen-bond acceptors (Lipinski definition) is 17. The molecule has 5 rings (SSSR count). The van der Waals surface area contributed by atoms with Crippen LogP contribution >= 0.6 is 0 Å². The van der Waals surface area contributed by atoms with Gasteiger partial charge in [0.2, 0.25) is 5.36 Å². The summed E-state index contributed by atoms with van der Waals surface area (Å²) in [6, 6.07) is 11.3. The number of rotatable bonds is 22. The van der Waals surface area contributed by atoms with E-state index in [-0.39, 0.29) is 58.0 Å². The van der Waals surface area contributed by atoms with E-state index in [0.717, 1.165) is 17.2 Å². The van der Waals surface area contributed by atoms with Gasteiger partial charge >= 0.3 is 5.97 Å². The molecule has 3 heterocycles. The molecule has 1 aromatic carbocycles. The summed E-state index contributed by atoms with van der Waals surface area (Å²) in [5, 5.41) is 1.12. The minimum atomic E-state index is -4.95. The van der Waals surface area contributed by atoms with E-state index >= 15 is 0 Å². The van der Waals surface area contributed by atoms with Crippen LogP contribution in [0.4, 0.5) is 5.69 Å². The van der Waals surface area contributed by atoms with Crippen LogP contribution in [0.1, 0.15) is 89.5 Å². The first-order valence-electron chi connectivity index (χ1n) is 21.2. The zero-order valence-corrected chi connectivity index (χ0v) is 39.9. The van der Waals surface area contributed by atoms with Crippen LogP contribution in [0.15, 0.2) is 69.6 Å². The van der Waals surface area contributed by atoms with Gasteiger partial charge < -0.3 is 37.3 Å². The van der Waals surface area contributed by atoms with Gasteiger partial charge in [0.1, 0.15) is 34.8 Å². The predicted molar refractivity (Wildman–Crippen MR) is 237 cm³/mol. The molecule has 1 fully saturated rings. The lowest BCUT2D eigenvalue weighted by atomic mass is 9.77. The SMILES string of the molecule is COCCOCC[N+](CCCS(=O)(=O)[O-])=c1ccc2c(C(C)(C)C)cc(/C=C/C=C3/N(CCCS(=O)(=O)[O-])c4ccc(S(=O)(=O)[O-])cc4C3(C)CCCC(=O)ON3C(=O)CCC3=O)oc-2c1. The number of amides is 2. The van der Waals surface area contributed by atoms with Crippen LogP contribution in [0.25, 0.3) is 17.4 Å². The molecule has 1 unspecified atom stereocenters. The Morgan fingerprint density at radius 2 is 1.56 bits per heavy atom. The maximum absolute atomic E-state index is 12.9. The third-order valence-corrected chi connectivity index (χ3v) is 13.7. The van der Waals surface area contributed by atoms with Crippen molar-refractivity contribution in [3.05, 3.63) is 82.6 Å². The van der Waals surface area contributed by atoms with Gasteiger partial charge in [-0.2, -0.15) is 0 Å². The minimum absolute atomic E-state index is 0.0135. The molecule has 66 heavy (non-hydrogen) atoms. The van der Waals surface area contributed by atoms with E-state index in [9.17, 15) is 53.3 Å². The Balaban J connectivity index is 1.59. The van der Waals surface area contributed by atoms with Gasteiger partial charge in [-0.3, -0.25) is 9.59 Å². The number of anilines is 1. The van der Waals surface area contributed by atoms with Crippen LogP contribution in [-0.4, -0.2) is 120 Å². The number of hydroxylamine groups is 2. The van der Waals surface area contributed by atoms with Crippen molar-refractivity contribution in [2.75, 3.05) is 63.0 Å². The Bertz CT molecular complexity index is 2720. The fourth-order valence-corrected chi connectivity index (χ4v) is 9.49. The number of allylic oxidation sites excluding steroid dienone is 3. The Kier molecular flexibility index (Phi) is 16.9. The third kappa shape index (κ3) is 13.9. The van der Waals surface area contributed by atoms with Crippen molar-refractivity contribution >= 4 is 59.9 Å². The monoisotopic (exact) mass is 977 g/mol. The Morgan fingerprint density at radius 3 is 2.20 bits per heavy atom. The predicted octanol–water partition coefficient (Wildman–Crippen LogP) is 3.34. The molecule has 19 nitrogen and oxygen atoms in total. The molecule has 0 aromatic heterocycles. The molecule has 0 saturated carbocycles. The van der Waals surface area contributed by atoms with E-state index in [0.29, 0.717) is 65.3 Å². The summed E-state index contributed by atoms with van der Waals surface area (Å²) in [5.41, 5.74) is 1.49. The van der Waals surface area contributed by atoms with Crippen molar-refractivity contribution in [2.24, 2.45) is 0 Å². The Labute approximate surface area is 385 Å². The van der Waals surface area contributed by atoms with E-state index in [1.165, 1.54) is 12.1 Å². The lowest BCUT2D eigenvalue weighted by molar-refractivity contribution is -0.197. The van der Waals surface area contributed by atoms with Crippen molar-refractivity contribution < 1.29 is 72.0 Å². The number of fused-ring (bicyclic) bond motifs is 2. The number of hydrogen-bond donors (Lipinski definition) is 0. The maximum atomic E-state index is 12.9. The summed E-state index contributed by atoms with van der Waals surface area (Å²) < 4.78 is 125. The van der Waals surface area contributed by atoms with Crippen LogP contribution in [0.5, 0.6) is 0 Å². The standard InChI is InChI=1S/C44H57N3O16S3/c1-43(2,3)35-29-32(62-38-28-31(13-15-34(35)38)45(20-8-26-64(51,52)53)22-23-61-25-24-60-5)10-6-11-39-44(4,19-7-12-42(50)63-47-40(48)17-18-41(47)49)36-30-33(66(57,58)59)14-16-37(36)46(39)21-9-27-65(54,55)56/h6,10-11,13-16,28-30H,7-9,12,17-27H2,1-5H3,(H2-,51,52,53,54,55,56,57,58,59)/p-2. The third-order valence-electron chi connectivity index (χ3n) is 11.2. The highest BCUT2D eigenvalue weighted by molar-refractivity contribution is 7.86. The molecule has 3 aliphatic heterocycles. The maximum Gasteiger partial charge on any atom is 0.333 e. The van der Waals surface area contributed by atoms with Crippen LogP contribution in [0.2, 0.25) is 0 Å². The number of methoxy groups -OCH3 is 1. The molecule has 1 aliphatic carbocycles. The van der Waals surface area contributed by atoms with Crippen LogP contribution in [0, 0.1) is 0 Å². The van der Waals surface area contributed by atoms with E-state index in [1.54, 1.807) is 37.2 Å². The average molecular weight is 978 g/mol. The summed E-state index contributed by atoms with van der Waals surface area (Å²) in [7, 11) is -12.5. The molecule has 0 bridgehead atoms. The largest absolute Gasteiger partial charge is 0.748 e. The van der Waals surface area contributed by atoms with Crippen molar-refractivity contribution in [1.82, 2.24) is 9.64 Å². The lowest BCUT2D eigenvalue weighted by Crippen LogP contribution is -2.35. The fourth-order valence-electron chi connectivity index (χ4n) is 8.03. The van der Waals surface area contributed by atoms with Crippen molar-refractivity contribution in [2.45, 2.75) is 88.4 Å². The highest BCUT2D eigenvalue weighted by atomic mass is 32.2. The van der Waals surface area contributed by atoms with Crippen molar-refractivity contribution in [3.63, 3.8) is 0 Å². The number of imide groups is 1. The number of nitrogens with zero attached hydrogens (tertiary/aromatic N) is 3. The number of carbonyl (C=O) groups excluding carboxylic acids is 3. The molecule has 1 aromatic rings. The second-order valence-corrected chi connectivity index (χ2v) is 21.7. The second-order valence-electron chi connectivity index (χ2n) is 17.2. The van der Waals surface area contributed by atoms with Gasteiger partial charge in [-0.1, -0.05) is 26.8 Å². The zero-order valence-electron chi connectivity index (χ0n) is 37.5. The van der Waals surface area contributed by atoms with Crippen LogP contribution < -0.4 is 14.8 Å². The van der Waals surface area contributed by atoms with Crippen molar-refractivity contribution in [3.8, 4) is 11.3 Å². The average Bonchev–Trinajstić information content (AvgIpc) is 3.65. The summed E-state index contributed by atoms with van der Waals surface area (Å²) in [6.45, 7) is 9.48. The number of carbonyl (C=O) groups is 3. The second kappa shape index (κ2) is 21.4. The lowest BCUT2D eigenvalue weighted by Gasteiger charge is -2.30. The Morgan fingerprint density at radius 1 is 0.879 bits per heavy atom. The molecule has 0 N–H and O–H groups in total. The molecule has 0 radical (unpaired) electrons. The zero-order chi connectivity index (χ0) is 48.7. The van der Waals surface area contributed by atoms with E-state index < -0.39 is 75.4 Å². The summed E-state index contributed by atoms with van der Waals surface area (Å²) in [4.78, 5) is 43.2. The number of benzene rings is 2. The summed E-state index contributed by atoms with van der Waals surface area (Å²) in [6.07, 6.45) is 4.80. The molecule has 1 atom stereocenters. The summed E-state index contributed by atoms with van der Waals surface area (Å²) >= 11 is 0. The van der Waals surface area contributed by atoms with Crippen molar-refractivity contribution in [1.29, 1.82) is 0 Å². The normalized spacial score (nSPS) is 18.3. The van der Waals surface area contributed by atoms with Crippen LogP contribution in [0.3, 0.4) is 0 Å². The number of ether oxygens (including phenoxy) is 2. The van der Waals surface area contributed by atoms with Gasteiger partial charge in [-0.05, 0) is 85.2 Å². The molecular formula is C44H55N3O16S3-2. The first-order chi connectivity index (χ1) is 30.8. The molecule has 362 valence electrons.